The summed E-state index contributed by atoms with van der Waals surface area (Å²) < 4.78 is 10.5. The van der Waals surface area contributed by atoms with Gasteiger partial charge in [-0.05, 0) is 46.0 Å². The molecule has 2 atom stereocenters. The van der Waals surface area contributed by atoms with Crippen molar-refractivity contribution in [3.8, 4) is 0 Å². The first kappa shape index (κ1) is 25.1. The van der Waals surface area contributed by atoms with Gasteiger partial charge in [0, 0.05) is 6.42 Å². The molecule has 0 saturated heterocycles. The van der Waals surface area contributed by atoms with E-state index < -0.39 is 6.10 Å². The number of aliphatic hydroxyl groups is 1. The van der Waals surface area contributed by atoms with Gasteiger partial charge in [-0.15, -0.1) is 0 Å². The molecule has 0 fully saturated rings. The van der Waals surface area contributed by atoms with Gasteiger partial charge in [0.05, 0.1) is 18.8 Å². The third-order valence-corrected chi connectivity index (χ3v) is 4.24. The number of hydrogen-bond donors (Lipinski definition) is 1. The highest BCUT2D eigenvalue weighted by atomic mass is 16.6. The summed E-state index contributed by atoms with van der Waals surface area (Å²) in [4.78, 5) is 11.7. The van der Waals surface area contributed by atoms with Crippen molar-refractivity contribution in [2.45, 2.75) is 110 Å². The van der Waals surface area contributed by atoms with Crippen LogP contribution in [0.2, 0.25) is 0 Å². The van der Waals surface area contributed by atoms with E-state index in [1.165, 1.54) is 57.8 Å². The van der Waals surface area contributed by atoms with Crippen LogP contribution in [0.25, 0.3) is 0 Å². The Morgan fingerprint density at radius 3 is 2.08 bits per heavy atom. The Labute approximate surface area is 161 Å². The van der Waals surface area contributed by atoms with Crippen molar-refractivity contribution >= 4 is 5.97 Å². The molecule has 0 amide bonds. The molecule has 0 aromatic carbocycles. The van der Waals surface area contributed by atoms with Crippen molar-refractivity contribution in [2.75, 3.05) is 13.2 Å². The summed E-state index contributed by atoms with van der Waals surface area (Å²) in [6, 6.07) is 0. The minimum Gasteiger partial charge on any atom is -0.463 e. The Morgan fingerprint density at radius 1 is 0.885 bits per heavy atom. The van der Waals surface area contributed by atoms with Crippen molar-refractivity contribution in [3.05, 3.63) is 12.2 Å². The van der Waals surface area contributed by atoms with Gasteiger partial charge in [0.2, 0.25) is 0 Å². The van der Waals surface area contributed by atoms with Crippen LogP contribution in [0.5, 0.6) is 0 Å². The number of rotatable bonds is 18. The molecular weight excluding hydrogens is 328 g/mol. The van der Waals surface area contributed by atoms with Gasteiger partial charge in [0.15, 0.2) is 0 Å². The number of allylic oxidation sites excluding steroid dienone is 2. The van der Waals surface area contributed by atoms with Crippen LogP contribution < -0.4 is 0 Å². The van der Waals surface area contributed by atoms with Crippen LogP contribution in [0.1, 0.15) is 97.8 Å². The molecule has 4 nitrogen and oxygen atoms in total. The lowest BCUT2D eigenvalue weighted by molar-refractivity contribution is -0.148. The van der Waals surface area contributed by atoms with Gasteiger partial charge >= 0.3 is 5.97 Å². The van der Waals surface area contributed by atoms with Crippen LogP contribution in [0, 0.1) is 0 Å². The molecule has 0 heterocycles. The summed E-state index contributed by atoms with van der Waals surface area (Å²) in [5.74, 6) is -0.150. The lowest BCUT2D eigenvalue weighted by Crippen LogP contribution is -2.23. The minimum absolute atomic E-state index is 0.150. The molecule has 0 aromatic heterocycles. The van der Waals surface area contributed by atoms with E-state index in [1.807, 2.05) is 6.92 Å². The van der Waals surface area contributed by atoms with Crippen LogP contribution in [0.4, 0.5) is 0 Å². The average molecular weight is 371 g/mol. The molecule has 154 valence electrons. The first-order valence-electron chi connectivity index (χ1n) is 10.7. The molecule has 0 aliphatic rings. The van der Waals surface area contributed by atoms with E-state index >= 15 is 0 Å². The molecule has 0 aliphatic carbocycles. The molecule has 4 heteroatoms. The SMILES string of the molecule is CCCCCC/C=C\CCCCCCCC(=O)OCC(C)OCC(C)O. The van der Waals surface area contributed by atoms with E-state index in [2.05, 4.69) is 19.1 Å². The smallest absolute Gasteiger partial charge is 0.305 e. The van der Waals surface area contributed by atoms with Crippen molar-refractivity contribution in [1.29, 1.82) is 0 Å². The Hall–Kier alpha value is -0.870. The summed E-state index contributed by atoms with van der Waals surface area (Å²) in [5, 5.41) is 9.13. The van der Waals surface area contributed by atoms with Crippen molar-refractivity contribution < 1.29 is 19.4 Å². The van der Waals surface area contributed by atoms with E-state index in [0.29, 0.717) is 6.42 Å². The highest BCUT2D eigenvalue weighted by Crippen LogP contribution is 2.09. The van der Waals surface area contributed by atoms with E-state index in [9.17, 15) is 4.79 Å². The van der Waals surface area contributed by atoms with Crippen LogP contribution in [0.3, 0.4) is 0 Å². The predicted molar refractivity (Wildman–Crippen MR) is 108 cm³/mol. The summed E-state index contributed by atoms with van der Waals surface area (Å²) in [6.07, 6.45) is 17.9. The first-order chi connectivity index (χ1) is 12.6. The van der Waals surface area contributed by atoms with Gasteiger partial charge in [-0.25, -0.2) is 0 Å². The number of carbonyl (C=O) groups excluding carboxylic acids is 1. The van der Waals surface area contributed by atoms with E-state index in [1.54, 1.807) is 6.92 Å². The van der Waals surface area contributed by atoms with Crippen LogP contribution in [-0.4, -0.2) is 36.5 Å². The minimum atomic E-state index is -0.491. The quantitative estimate of drug-likeness (QED) is 0.195. The van der Waals surface area contributed by atoms with Crippen molar-refractivity contribution in [2.24, 2.45) is 0 Å². The number of unbranched alkanes of at least 4 members (excludes halogenated alkanes) is 9. The molecule has 0 aromatic rings. The molecule has 2 unspecified atom stereocenters. The highest BCUT2D eigenvalue weighted by molar-refractivity contribution is 5.69. The molecule has 0 rings (SSSR count). The Morgan fingerprint density at radius 2 is 1.46 bits per heavy atom. The molecule has 0 radical (unpaired) electrons. The second kappa shape index (κ2) is 18.9. The maximum absolute atomic E-state index is 11.7. The van der Waals surface area contributed by atoms with Crippen LogP contribution in [-0.2, 0) is 14.3 Å². The summed E-state index contributed by atoms with van der Waals surface area (Å²) >= 11 is 0. The van der Waals surface area contributed by atoms with E-state index in [-0.39, 0.29) is 25.3 Å². The third-order valence-electron chi connectivity index (χ3n) is 4.24. The van der Waals surface area contributed by atoms with Gasteiger partial charge in [0.1, 0.15) is 6.61 Å². The Kier molecular flexibility index (Phi) is 18.3. The largest absolute Gasteiger partial charge is 0.463 e. The maximum Gasteiger partial charge on any atom is 0.305 e. The number of aliphatic hydroxyl groups excluding tert-OH is 1. The molecule has 0 bridgehead atoms. The van der Waals surface area contributed by atoms with Gasteiger partial charge in [-0.1, -0.05) is 57.6 Å². The zero-order valence-electron chi connectivity index (χ0n) is 17.4. The van der Waals surface area contributed by atoms with Crippen molar-refractivity contribution in [3.63, 3.8) is 0 Å². The van der Waals surface area contributed by atoms with Gasteiger partial charge in [-0.3, -0.25) is 4.79 Å². The lowest BCUT2D eigenvalue weighted by Gasteiger charge is -2.14. The summed E-state index contributed by atoms with van der Waals surface area (Å²) in [7, 11) is 0. The highest BCUT2D eigenvalue weighted by Gasteiger charge is 2.08. The third kappa shape index (κ3) is 19.5. The zero-order chi connectivity index (χ0) is 19.5. The average Bonchev–Trinajstić information content (AvgIpc) is 2.62. The summed E-state index contributed by atoms with van der Waals surface area (Å²) in [5.41, 5.74) is 0. The fourth-order valence-electron chi connectivity index (χ4n) is 2.62. The van der Waals surface area contributed by atoms with Crippen LogP contribution in [0.15, 0.2) is 12.2 Å². The predicted octanol–water partition coefficient (Wildman–Crippen LogP) is 5.57. The first-order valence-corrected chi connectivity index (χ1v) is 10.7. The fourth-order valence-corrected chi connectivity index (χ4v) is 2.62. The standard InChI is InChI=1S/C22H42O4/c1-4-5-6-7-8-9-10-11-12-13-14-15-16-17-22(24)26-19-21(3)25-18-20(2)23/h9-10,20-21,23H,4-8,11-19H2,1-3H3/b10-9-. The summed E-state index contributed by atoms with van der Waals surface area (Å²) in [6.45, 7) is 6.29. The van der Waals surface area contributed by atoms with E-state index in [4.69, 9.17) is 14.6 Å². The monoisotopic (exact) mass is 370 g/mol. The topological polar surface area (TPSA) is 55.8 Å². The Bertz CT molecular complexity index is 339. The normalized spacial score (nSPS) is 13.8. The molecule has 0 spiro atoms. The fraction of sp³-hybridized carbons (Fsp3) is 0.864. The van der Waals surface area contributed by atoms with Crippen LogP contribution >= 0.6 is 0 Å². The Balaban J connectivity index is 3.33. The molecular formula is C22H42O4. The second-order valence-electron chi connectivity index (χ2n) is 7.30. The lowest BCUT2D eigenvalue weighted by atomic mass is 10.1. The van der Waals surface area contributed by atoms with Gasteiger partial charge < -0.3 is 14.6 Å². The number of esters is 1. The van der Waals surface area contributed by atoms with Gasteiger partial charge in [0.25, 0.3) is 0 Å². The van der Waals surface area contributed by atoms with Crippen molar-refractivity contribution in [1.82, 2.24) is 0 Å². The molecule has 0 saturated carbocycles. The molecule has 0 aliphatic heterocycles. The number of carbonyl (C=O) groups is 1. The number of ether oxygens (including phenoxy) is 2. The second-order valence-corrected chi connectivity index (χ2v) is 7.30. The zero-order valence-corrected chi connectivity index (χ0v) is 17.4. The number of hydrogen-bond acceptors (Lipinski definition) is 4. The maximum atomic E-state index is 11.7. The van der Waals surface area contributed by atoms with Gasteiger partial charge in [-0.2, -0.15) is 0 Å². The molecule has 1 N–H and O–H groups in total. The van der Waals surface area contributed by atoms with E-state index in [0.717, 1.165) is 12.8 Å². The molecule has 26 heavy (non-hydrogen) atoms.